The molecule has 1 heterocycles. The van der Waals surface area contributed by atoms with E-state index in [0.717, 1.165) is 5.01 Å². The minimum atomic E-state index is -0.199. The number of nitrogens with zero attached hydrogens (tertiary/aromatic N) is 3. The SMILES string of the molecule is N=C1N=NC(=N)N1N. The summed E-state index contributed by atoms with van der Waals surface area (Å²) in [6, 6.07) is 0. The molecular weight excluding hydrogens is 108 g/mol. The Labute approximate surface area is 45.0 Å². The van der Waals surface area contributed by atoms with Crippen LogP contribution in [0.3, 0.4) is 0 Å². The predicted molar refractivity (Wildman–Crippen MR) is 26.3 cm³/mol. The average Bonchev–Trinajstić information content (AvgIpc) is 1.98. The zero-order valence-corrected chi connectivity index (χ0v) is 3.92. The number of hydrogen-bond acceptors (Lipinski definition) is 3. The van der Waals surface area contributed by atoms with Crippen molar-refractivity contribution in [3.8, 4) is 0 Å². The van der Waals surface area contributed by atoms with Gasteiger partial charge in [-0.05, 0) is 0 Å². The first-order valence-electron chi connectivity index (χ1n) is 1.85. The monoisotopic (exact) mass is 112 g/mol. The van der Waals surface area contributed by atoms with Crippen LogP contribution in [0.4, 0.5) is 0 Å². The van der Waals surface area contributed by atoms with E-state index in [1.54, 1.807) is 0 Å². The zero-order valence-electron chi connectivity index (χ0n) is 3.92. The lowest BCUT2D eigenvalue weighted by molar-refractivity contribution is 0.649. The molecule has 0 fully saturated rings. The predicted octanol–water partition coefficient (Wildman–Crippen LogP) is -0.503. The first kappa shape index (κ1) is 4.85. The molecule has 0 radical (unpaired) electrons. The van der Waals surface area contributed by atoms with Crippen molar-refractivity contribution in [2.45, 2.75) is 0 Å². The molecule has 0 spiro atoms. The molecule has 4 N–H and O–H groups in total. The molecule has 0 unspecified atom stereocenters. The lowest BCUT2D eigenvalue weighted by atomic mass is 10.9. The Balaban J connectivity index is 2.84. The standard InChI is InChI=1S/C2H4N6/c3-1-6-7-2(4)8(1)5/h3-4H,5H2. The molecule has 0 aromatic heterocycles. The van der Waals surface area contributed by atoms with Crippen molar-refractivity contribution in [1.82, 2.24) is 5.01 Å². The third-order valence-corrected chi connectivity index (χ3v) is 0.696. The molecule has 1 aliphatic rings. The third kappa shape index (κ3) is 0.470. The van der Waals surface area contributed by atoms with Gasteiger partial charge in [0.2, 0.25) is 0 Å². The number of hydrazine groups is 1. The lowest BCUT2D eigenvalue weighted by Crippen LogP contribution is -2.35. The Morgan fingerprint density at radius 1 is 1.25 bits per heavy atom. The van der Waals surface area contributed by atoms with Gasteiger partial charge in [0.15, 0.2) is 0 Å². The van der Waals surface area contributed by atoms with Crippen molar-refractivity contribution in [1.29, 1.82) is 10.8 Å². The van der Waals surface area contributed by atoms with Crippen molar-refractivity contribution in [2.75, 3.05) is 0 Å². The van der Waals surface area contributed by atoms with Crippen molar-refractivity contribution in [3.05, 3.63) is 0 Å². The van der Waals surface area contributed by atoms with E-state index in [4.69, 9.17) is 16.7 Å². The molecule has 6 nitrogen and oxygen atoms in total. The molecule has 0 atom stereocenters. The average molecular weight is 112 g/mol. The van der Waals surface area contributed by atoms with E-state index in [2.05, 4.69) is 10.2 Å². The van der Waals surface area contributed by atoms with Gasteiger partial charge >= 0.3 is 0 Å². The van der Waals surface area contributed by atoms with Crippen LogP contribution in [0.1, 0.15) is 0 Å². The Morgan fingerprint density at radius 2 is 1.62 bits per heavy atom. The highest BCUT2D eigenvalue weighted by atomic mass is 15.6. The summed E-state index contributed by atoms with van der Waals surface area (Å²) in [5.74, 6) is 4.62. The molecule has 0 aromatic carbocycles. The van der Waals surface area contributed by atoms with Crippen LogP contribution < -0.4 is 5.84 Å². The summed E-state index contributed by atoms with van der Waals surface area (Å²) >= 11 is 0. The van der Waals surface area contributed by atoms with Gasteiger partial charge in [-0.15, -0.1) is 10.2 Å². The number of azo groups is 1. The number of rotatable bonds is 0. The Morgan fingerprint density at radius 3 is 1.75 bits per heavy atom. The fourth-order valence-corrected chi connectivity index (χ4v) is 0.291. The third-order valence-electron chi connectivity index (χ3n) is 0.696. The Bertz CT molecular complexity index is 149. The highest BCUT2D eigenvalue weighted by molar-refractivity contribution is 5.99. The number of hydrogen-bond donors (Lipinski definition) is 3. The van der Waals surface area contributed by atoms with Gasteiger partial charge < -0.3 is 0 Å². The molecule has 1 rings (SSSR count). The van der Waals surface area contributed by atoms with Crippen molar-refractivity contribution < 1.29 is 0 Å². The summed E-state index contributed by atoms with van der Waals surface area (Å²) < 4.78 is 0. The van der Waals surface area contributed by atoms with E-state index in [1.165, 1.54) is 0 Å². The second-order valence-electron chi connectivity index (χ2n) is 1.22. The van der Waals surface area contributed by atoms with Gasteiger partial charge in [-0.2, -0.15) is 0 Å². The first-order valence-corrected chi connectivity index (χ1v) is 1.85. The largest absolute Gasteiger partial charge is 0.264 e. The Hall–Kier alpha value is -1.30. The highest BCUT2D eigenvalue weighted by Crippen LogP contribution is 1.96. The topological polar surface area (TPSA) is 102 Å². The number of guanidine groups is 2. The minimum absolute atomic E-state index is 0.199. The van der Waals surface area contributed by atoms with E-state index in [-0.39, 0.29) is 11.9 Å². The van der Waals surface area contributed by atoms with Gasteiger partial charge in [-0.25, -0.2) is 10.9 Å². The molecule has 42 valence electrons. The van der Waals surface area contributed by atoms with E-state index >= 15 is 0 Å². The van der Waals surface area contributed by atoms with Crippen LogP contribution in [0.15, 0.2) is 10.2 Å². The molecule has 8 heavy (non-hydrogen) atoms. The van der Waals surface area contributed by atoms with Crippen molar-refractivity contribution in [2.24, 2.45) is 16.1 Å². The molecule has 1 aliphatic heterocycles. The van der Waals surface area contributed by atoms with Crippen molar-refractivity contribution >= 4 is 11.9 Å². The van der Waals surface area contributed by atoms with Crippen LogP contribution in [-0.2, 0) is 0 Å². The molecule has 0 aromatic rings. The van der Waals surface area contributed by atoms with E-state index in [1.807, 2.05) is 0 Å². The highest BCUT2D eigenvalue weighted by Gasteiger charge is 2.15. The fraction of sp³-hybridized carbons (Fsp3) is 0. The van der Waals surface area contributed by atoms with Crippen LogP contribution >= 0.6 is 0 Å². The second kappa shape index (κ2) is 1.34. The van der Waals surface area contributed by atoms with Gasteiger partial charge in [0, 0.05) is 0 Å². The molecule has 0 amide bonds. The van der Waals surface area contributed by atoms with E-state index < -0.39 is 0 Å². The number of nitrogens with two attached hydrogens (primary N) is 1. The Kier molecular flexibility index (Phi) is 0.811. The van der Waals surface area contributed by atoms with Crippen LogP contribution in [0, 0.1) is 10.8 Å². The van der Waals surface area contributed by atoms with Gasteiger partial charge in [0.25, 0.3) is 11.9 Å². The van der Waals surface area contributed by atoms with Gasteiger partial charge in [0.05, 0.1) is 0 Å². The fourth-order valence-electron chi connectivity index (χ4n) is 0.291. The van der Waals surface area contributed by atoms with Crippen LogP contribution in [0.5, 0.6) is 0 Å². The van der Waals surface area contributed by atoms with Gasteiger partial charge in [0.1, 0.15) is 0 Å². The maximum Gasteiger partial charge on any atom is 0.259 e. The van der Waals surface area contributed by atoms with Gasteiger partial charge in [-0.1, -0.05) is 0 Å². The maximum atomic E-state index is 6.78. The summed E-state index contributed by atoms with van der Waals surface area (Å²) in [4.78, 5) is 0. The minimum Gasteiger partial charge on any atom is -0.264 e. The number of nitrogens with one attached hydrogen (secondary N) is 2. The summed E-state index contributed by atoms with van der Waals surface area (Å²) in [5, 5.41) is 20.7. The lowest BCUT2D eigenvalue weighted by Gasteiger charge is -2.02. The molecule has 0 saturated heterocycles. The quantitative estimate of drug-likeness (QED) is 0.368. The molecular formula is C2H4N6. The summed E-state index contributed by atoms with van der Waals surface area (Å²) in [7, 11) is 0. The first-order chi connectivity index (χ1) is 3.72. The van der Waals surface area contributed by atoms with Crippen LogP contribution in [0.2, 0.25) is 0 Å². The summed E-state index contributed by atoms with van der Waals surface area (Å²) in [6.45, 7) is 0. The van der Waals surface area contributed by atoms with E-state index in [0.29, 0.717) is 0 Å². The summed E-state index contributed by atoms with van der Waals surface area (Å²) in [5.41, 5.74) is 0. The second-order valence-corrected chi connectivity index (χ2v) is 1.22. The molecule has 0 aliphatic carbocycles. The van der Waals surface area contributed by atoms with Gasteiger partial charge in [-0.3, -0.25) is 10.8 Å². The zero-order chi connectivity index (χ0) is 6.15. The smallest absolute Gasteiger partial charge is 0.259 e. The maximum absolute atomic E-state index is 6.78. The van der Waals surface area contributed by atoms with E-state index in [9.17, 15) is 0 Å². The summed E-state index contributed by atoms with van der Waals surface area (Å²) in [6.07, 6.45) is 0. The van der Waals surface area contributed by atoms with Crippen LogP contribution in [-0.4, -0.2) is 16.9 Å². The molecule has 6 heteroatoms. The van der Waals surface area contributed by atoms with Crippen LogP contribution in [0.25, 0.3) is 0 Å². The molecule has 0 bridgehead atoms. The normalized spacial score (nSPS) is 18.4. The molecule has 0 saturated carbocycles. The van der Waals surface area contributed by atoms with Crippen molar-refractivity contribution in [3.63, 3.8) is 0 Å².